The van der Waals surface area contributed by atoms with Crippen LogP contribution in [0.3, 0.4) is 0 Å². The number of halogens is 3. The number of hydrogen-bond donors (Lipinski definition) is 1. The van der Waals surface area contributed by atoms with Crippen molar-refractivity contribution in [2.24, 2.45) is 0 Å². The van der Waals surface area contributed by atoms with Crippen LogP contribution in [0.15, 0.2) is 43.1 Å². The molecule has 150 valence electrons. The lowest BCUT2D eigenvalue weighted by Gasteiger charge is -2.15. The second kappa shape index (κ2) is 7.61. The molecule has 3 aromatic rings. The SMILES string of the molecule is C[C@H](NC(=O)c1cncc(C(F)(F)F)c1)c1ncnn1-c1ccc([N+](=O)[O-])cn1. The number of rotatable bonds is 5. The number of amides is 1. The topological polar surface area (TPSA) is 129 Å². The van der Waals surface area contributed by atoms with E-state index in [0.29, 0.717) is 12.3 Å². The largest absolute Gasteiger partial charge is 0.417 e. The Morgan fingerprint density at radius 1 is 1.24 bits per heavy atom. The van der Waals surface area contributed by atoms with Crippen LogP contribution in [0.4, 0.5) is 18.9 Å². The first kappa shape index (κ1) is 19.9. The van der Waals surface area contributed by atoms with Crippen LogP contribution >= 0.6 is 0 Å². The number of alkyl halides is 3. The summed E-state index contributed by atoms with van der Waals surface area (Å²) >= 11 is 0. The molecule has 13 heteroatoms. The first-order chi connectivity index (χ1) is 13.7. The zero-order valence-corrected chi connectivity index (χ0v) is 14.7. The molecule has 0 bridgehead atoms. The van der Waals surface area contributed by atoms with Crippen molar-refractivity contribution in [2.45, 2.75) is 19.1 Å². The summed E-state index contributed by atoms with van der Waals surface area (Å²) in [4.78, 5) is 33.9. The van der Waals surface area contributed by atoms with Crippen molar-refractivity contribution in [1.82, 2.24) is 30.0 Å². The lowest BCUT2D eigenvalue weighted by molar-refractivity contribution is -0.385. The third-order valence-electron chi connectivity index (χ3n) is 3.80. The molecule has 0 saturated heterocycles. The number of carbonyl (C=O) groups excluding carboxylic acids is 1. The van der Waals surface area contributed by atoms with E-state index in [1.807, 2.05) is 0 Å². The number of carbonyl (C=O) groups is 1. The highest BCUT2D eigenvalue weighted by Crippen LogP contribution is 2.29. The molecule has 10 nitrogen and oxygen atoms in total. The molecule has 0 spiro atoms. The molecule has 1 atom stereocenters. The number of nitro groups is 1. The fourth-order valence-corrected chi connectivity index (χ4v) is 2.40. The van der Waals surface area contributed by atoms with Gasteiger partial charge in [-0.25, -0.2) is 9.97 Å². The molecule has 0 unspecified atom stereocenters. The van der Waals surface area contributed by atoms with Gasteiger partial charge in [-0.3, -0.25) is 19.9 Å². The minimum Gasteiger partial charge on any atom is -0.342 e. The van der Waals surface area contributed by atoms with Crippen molar-refractivity contribution in [3.05, 3.63) is 70.2 Å². The van der Waals surface area contributed by atoms with Crippen LogP contribution in [0.1, 0.15) is 34.7 Å². The molecule has 3 aromatic heterocycles. The first-order valence-corrected chi connectivity index (χ1v) is 8.00. The van der Waals surface area contributed by atoms with E-state index in [1.54, 1.807) is 6.92 Å². The van der Waals surface area contributed by atoms with Crippen molar-refractivity contribution in [2.75, 3.05) is 0 Å². The van der Waals surface area contributed by atoms with Crippen LogP contribution < -0.4 is 5.32 Å². The van der Waals surface area contributed by atoms with Gasteiger partial charge in [0.2, 0.25) is 0 Å². The predicted octanol–water partition coefficient (Wildman–Crippen LogP) is 2.48. The summed E-state index contributed by atoms with van der Waals surface area (Å²) < 4.78 is 39.6. The van der Waals surface area contributed by atoms with Gasteiger partial charge in [0.25, 0.3) is 11.6 Å². The molecule has 29 heavy (non-hydrogen) atoms. The fourth-order valence-electron chi connectivity index (χ4n) is 2.40. The van der Waals surface area contributed by atoms with Gasteiger partial charge in [0.05, 0.1) is 22.1 Å². The second-order valence-electron chi connectivity index (χ2n) is 5.82. The van der Waals surface area contributed by atoms with Gasteiger partial charge in [0.15, 0.2) is 11.6 Å². The summed E-state index contributed by atoms with van der Waals surface area (Å²) in [7, 11) is 0. The van der Waals surface area contributed by atoms with Crippen molar-refractivity contribution in [1.29, 1.82) is 0 Å². The van der Waals surface area contributed by atoms with Gasteiger partial charge in [0, 0.05) is 18.5 Å². The Labute approximate surface area is 160 Å². The zero-order chi connectivity index (χ0) is 21.2. The average Bonchev–Trinajstić information content (AvgIpc) is 3.17. The molecule has 1 amide bonds. The van der Waals surface area contributed by atoms with Crippen LogP contribution in [-0.4, -0.2) is 35.6 Å². The van der Waals surface area contributed by atoms with E-state index in [9.17, 15) is 28.1 Å². The third kappa shape index (κ3) is 4.34. The van der Waals surface area contributed by atoms with Gasteiger partial charge in [-0.05, 0) is 19.1 Å². The molecule has 0 radical (unpaired) electrons. The molecule has 0 aliphatic carbocycles. The van der Waals surface area contributed by atoms with Gasteiger partial charge < -0.3 is 5.32 Å². The maximum Gasteiger partial charge on any atom is 0.417 e. The molecule has 0 saturated carbocycles. The van der Waals surface area contributed by atoms with E-state index in [1.165, 1.54) is 23.1 Å². The van der Waals surface area contributed by atoms with Crippen LogP contribution in [0.2, 0.25) is 0 Å². The number of hydrogen-bond acceptors (Lipinski definition) is 7. The van der Waals surface area contributed by atoms with E-state index in [2.05, 4.69) is 25.4 Å². The highest BCUT2D eigenvalue weighted by molar-refractivity contribution is 5.94. The molecule has 0 fully saturated rings. The summed E-state index contributed by atoms with van der Waals surface area (Å²) in [5.74, 6) is -0.355. The van der Waals surface area contributed by atoms with Crippen LogP contribution in [0, 0.1) is 10.1 Å². The first-order valence-electron chi connectivity index (χ1n) is 8.00. The minimum atomic E-state index is -4.63. The fraction of sp³-hybridized carbons (Fsp3) is 0.188. The maximum absolute atomic E-state index is 12.8. The number of nitrogens with one attached hydrogen (secondary N) is 1. The summed E-state index contributed by atoms with van der Waals surface area (Å²) in [5.41, 5.74) is -1.53. The number of nitrogens with zero attached hydrogens (tertiary/aromatic N) is 6. The Kier molecular flexibility index (Phi) is 5.21. The third-order valence-corrected chi connectivity index (χ3v) is 3.80. The standard InChI is InChI=1S/C16H12F3N7O3/c1-9(24-15(27)10-4-11(6-20-5-10)16(17,18)19)14-22-8-23-25(14)13-3-2-12(7-21-13)26(28)29/h2-9H,1H3,(H,24,27)/t9-/m0/s1. The average molecular weight is 407 g/mol. The van der Waals surface area contributed by atoms with Crippen molar-refractivity contribution in [3.63, 3.8) is 0 Å². The lowest BCUT2D eigenvalue weighted by atomic mass is 10.2. The summed E-state index contributed by atoms with van der Waals surface area (Å²) in [6.07, 6.45) is -0.765. The zero-order valence-electron chi connectivity index (χ0n) is 14.7. The van der Waals surface area contributed by atoms with Crippen LogP contribution in [-0.2, 0) is 6.18 Å². The molecule has 0 aromatic carbocycles. The normalized spacial score (nSPS) is 12.4. The van der Waals surface area contributed by atoms with E-state index in [0.717, 1.165) is 12.4 Å². The summed E-state index contributed by atoms with van der Waals surface area (Å²) in [6.45, 7) is 1.55. The van der Waals surface area contributed by atoms with Crippen LogP contribution in [0.25, 0.3) is 5.82 Å². The van der Waals surface area contributed by atoms with Gasteiger partial charge >= 0.3 is 6.18 Å². The monoisotopic (exact) mass is 407 g/mol. The Morgan fingerprint density at radius 3 is 2.62 bits per heavy atom. The van der Waals surface area contributed by atoms with Gasteiger partial charge in [-0.15, -0.1) is 0 Å². The highest BCUT2D eigenvalue weighted by atomic mass is 19.4. The Morgan fingerprint density at radius 2 is 2.00 bits per heavy atom. The van der Waals surface area contributed by atoms with E-state index < -0.39 is 28.6 Å². The van der Waals surface area contributed by atoms with E-state index >= 15 is 0 Å². The van der Waals surface area contributed by atoms with Crippen molar-refractivity contribution >= 4 is 11.6 Å². The van der Waals surface area contributed by atoms with Crippen molar-refractivity contribution in [3.8, 4) is 5.82 Å². The summed E-state index contributed by atoms with van der Waals surface area (Å²) in [5, 5.41) is 17.2. The second-order valence-corrected chi connectivity index (χ2v) is 5.82. The Bertz CT molecular complexity index is 1050. The number of pyridine rings is 2. The molecule has 0 aliphatic rings. The van der Waals surface area contributed by atoms with Gasteiger partial charge in [-0.1, -0.05) is 0 Å². The highest BCUT2D eigenvalue weighted by Gasteiger charge is 2.31. The maximum atomic E-state index is 12.8. The molecule has 0 aliphatic heterocycles. The quantitative estimate of drug-likeness (QED) is 0.508. The lowest BCUT2D eigenvalue weighted by Crippen LogP contribution is -2.29. The molecule has 3 rings (SSSR count). The predicted molar refractivity (Wildman–Crippen MR) is 90.9 cm³/mol. The molecular weight excluding hydrogens is 395 g/mol. The Hall–Kier alpha value is -3.90. The number of aromatic nitrogens is 5. The molecule has 1 N–H and O–H groups in total. The summed E-state index contributed by atoms with van der Waals surface area (Å²) in [6, 6.07) is 2.50. The smallest absolute Gasteiger partial charge is 0.342 e. The van der Waals surface area contributed by atoms with E-state index in [-0.39, 0.29) is 22.9 Å². The van der Waals surface area contributed by atoms with Crippen LogP contribution in [0.5, 0.6) is 0 Å². The minimum absolute atomic E-state index is 0.213. The van der Waals surface area contributed by atoms with Crippen molar-refractivity contribution < 1.29 is 22.9 Å². The van der Waals surface area contributed by atoms with Gasteiger partial charge in [0.1, 0.15) is 12.5 Å². The molecular formula is C16H12F3N7O3. The van der Waals surface area contributed by atoms with E-state index in [4.69, 9.17) is 0 Å². The Balaban J connectivity index is 1.80. The van der Waals surface area contributed by atoms with Gasteiger partial charge in [-0.2, -0.15) is 23.0 Å². The molecule has 3 heterocycles.